The third-order valence-electron chi connectivity index (χ3n) is 6.97. The quantitative estimate of drug-likeness (QED) is 0.196. The van der Waals surface area contributed by atoms with E-state index in [1.54, 1.807) is 36.4 Å². The summed E-state index contributed by atoms with van der Waals surface area (Å²) in [4.78, 5) is 29.9. The van der Waals surface area contributed by atoms with E-state index in [4.69, 9.17) is 0 Å². The molecule has 9 heteroatoms. The maximum Gasteiger partial charge on any atom is 0.264 e. The van der Waals surface area contributed by atoms with E-state index >= 15 is 0 Å². The molecule has 0 aliphatic carbocycles. The maximum atomic E-state index is 14.5. The molecule has 0 radical (unpaired) electrons. The SMILES string of the molecule is Cc1ccc(S(=O)(=O)N(CC(=O)N(Cc2ccccc2)[C@@H](Cc2ccccc2)C(=O)NC(C)(C)C)c2ccc(Br)cc2)cc1. The molecule has 7 nitrogen and oxygen atoms in total. The summed E-state index contributed by atoms with van der Waals surface area (Å²) in [5, 5.41) is 3.04. The van der Waals surface area contributed by atoms with Crippen LogP contribution in [-0.2, 0) is 32.6 Å². The molecule has 4 aromatic rings. The lowest BCUT2D eigenvalue weighted by Crippen LogP contribution is -2.56. The van der Waals surface area contributed by atoms with Gasteiger partial charge in [-0.1, -0.05) is 94.3 Å². The topological polar surface area (TPSA) is 86.8 Å². The number of aryl methyl sites for hydroxylation is 1. The molecule has 1 N–H and O–H groups in total. The van der Waals surface area contributed by atoms with Gasteiger partial charge in [-0.2, -0.15) is 0 Å². The molecule has 0 aromatic heterocycles. The van der Waals surface area contributed by atoms with E-state index in [2.05, 4.69) is 21.2 Å². The highest BCUT2D eigenvalue weighted by Crippen LogP contribution is 2.27. The zero-order valence-electron chi connectivity index (χ0n) is 25.4. The molecule has 0 aliphatic heterocycles. The van der Waals surface area contributed by atoms with Crippen LogP contribution in [0, 0.1) is 6.92 Å². The third-order valence-corrected chi connectivity index (χ3v) is 9.28. The minimum atomic E-state index is -4.15. The number of carbonyl (C=O) groups excluding carboxylic acids is 2. The van der Waals surface area contributed by atoms with Crippen LogP contribution < -0.4 is 9.62 Å². The summed E-state index contributed by atoms with van der Waals surface area (Å²) in [7, 11) is -4.15. The third kappa shape index (κ3) is 8.80. The van der Waals surface area contributed by atoms with Crippen LogP contribution in [0.3, 0.4) is 0 Å². The molecule has 4 rings (SSSR count). The van der Waals surface area contributed by atoms with Crippen molar-refractivity contribution >= 4 is 43.5 Å². The van der Waals surface area contributed by atoms with Crippen LogP contribution >= 0.6 is 15.9 Å². The number of amides is 2. The number of sulfonamides is 1. The van der Waals surface area contributed by atoms with Gasteiger partial charge in [0.25, 0.3) is 10.0 Å². The molecule has 0 fully saturated rings. The number of carbonyl (C=O) groups is 2. The Bertz CT molecular complexity index is 1660. The van der Waals surface area contributed by atoms with Gasteiger partial charge in [-0.3, -0.25) is 13.9 Å². The smallest absolute Gasteiger partial charge is 0.264 e. The monoisotopic (exact) mass is 675 g/mol. The summed E-state index contributed by atoms with van der Waals surface area (Å²) in [5.74, 6) is -0.820. The van der Waals surface area contributed by atoms with E-state index in [-0.39, 0.29) is 23.8 Å². The van der Waals surface area contributed by atoms with Crippen LogP contribution in [0.15, 0.2) is 119 Å². The second-order valence-corrected chi connectivity index (χ2v) is 14.5. The van der Waals surface area contributed by atoms with Gasteiger partial charge in [-0.25, -0.2) is 8.42 Å². The van der Waals surface area contributed by atoms with E-state index in [0.29, 0.717) is 5.69 Å². The number of anilines is 1. The fraction of sp³-hybridized carbons (Fsp3) is 0.257. The predicted octanol–water partition coefficient (Wildman–Crippen LogP) is 6.51. The minimum Gasteiger partial charge on any atom is -0.350 e. The van der Waals surface area contributed by atoms with Gasteiger partial charge in [0.15, 0.2) is 0 Å². The highest BCUT2D eigenvalue weighted by Gasteiger charge is 2.35. The van der Waals surface area contributed by atoms with Gasteiger partial charge in [0.2, 0.25) is 11.8 Å². The summed E-state index contributed by atoms with van der Waals surface area (Å²) >= 11 is 3.41. The average molecular weight is 677 g/mol. The fourth-order valence-electron chi connectivity index (χ4n) is 4.76. The largest absolute Gasteiger partial charge is 0.350 e. The summed E-state index contributed by atoms with van der Waals surface area (Å²) in [6.07, 6.45) is 0.254. The van der Waals surface area contributed by atoms with Crippen molar-refractivity contribution in [2.45, 2.75) is 57.1 Å². The van der Waals surface area contributed by atoms with Crippen LogP contribution in [-0.4, -0.2) is 43.3 Å². The van der Waals surface area contributed by atoms with Gasteiger partial charge in [0.05, 0.1) is 10.6 Å². The first-order valence-corrected chi connectivity index (χ1v) is 16.6. The van der Waals surface area contributed by atoms with Gasteiger partial charge in [0.1, 0.15) is 12.6 Å². The predicted molar refractivity (Wildman–Crippen MR) is 179 cm³/mol. The van der Waals surface area contributed by atoms with Crippen LogP contribution in [0.25, 0.3) is 0 Å². The van der Waals surface area contributed by atoms with E-state index in [0.717, 1.165) is 25.5 Å². The van der Waals surface area contributed by atoms with E-state index in [1.165, 1.54) is 17.0 Å². The Balaban J connectivity index is 1.80. The molecule has 0 bridgehead atoms. The summed E-state index contributed by atoms with van der Waals surface area (Å²) in [6.45, 7) is 7.15. The Hall–Kier alpha value is -3.95. The van der Waals surface area contributed by atoms with E-state index in [9.17, 15) is 18.0 Å². The Labute approximate surface area is 269 Å². The van der Waals surface area contributed by atoms with E-state index in [1.807, 2.05) is 88.4 Å². The van der Waals surface area contributed by atoms with Gasteiger partial charge >= 0.3 is 0 Å². The van der Waals surface area contributed by atoms with Gasteiger partial charge in [0, 0.05) is 23.0 Å². The van der Waals surface area contributed by atoms with Crippen molar-refractivity contribution in [2.75, 3.05) is 10.8 Å². The molecule has 4 aromatic carbocycles. The van der Waals surface area contributed by atoms with Crippen molar-refractivity contribution in [3.05, 3.63) is 130 Å². The molecular weight excluding hydrogens is 638 g/mol. The van der Waals surface area contributed by atoms with Crippen molar-refractivity contribution in [2.24, 2.45) is 0 Å². The van der Waals surface area contributed by atoms with Gasteiger partial charge < -0.3 is 10.2 Å². The van der Waals surface area contributed by atoms with Gasteiger partial charge in [-0.05, 0) is 75.2 Å². The van der Waals surface area contributed by atoms with Crippen molar-refractivity contribution in [3.8, 4) is 0 Å². The van der Waals surface area contributed by atoms with E-state index < -0.39 is 34.1 Å². The number of halogens is 1. The first kappa shape index (κ1) is 33.0. The Morgan fingerprint density at radius 1 is 0.795 bits per heavy atom. The molecule has 44 heavy (non-hydrogen) atoms. The standard InChI is InChI=1S/C35H38BrN3O4S/c1-26-15-21-31(22-16-26)44(42,43)39(30-19-17-29(36)18-20-30)25-33(40)38(24-28-13-9-6-10-14-28)32(34(41)37-35(2,3)4)23-27-11-7-5-8-12-27/h5-22,32H,23-25H2,1-4H3,(H,37,41)/t32-/m0/s1. The van der Waals surface area contributed by atoms with Crippen LogP contribution in [0.1, 0.15) is 37.5 Å². The fourth-order valence-corrected chi connectivity index (χ4v) is 6.44. The first-order valence-electron chi connectivity index (χ1n) is 14.4. The van der Waals surface area contributed by atoms with Crippen molar-refractivity contribution < 1.29 is 18.0 Å². The van der Waals surface area contributed by atoms with Gasteiger partial charge in [-0.15, -0.1) is 0 Å². The summed E-state index contributed by atoms with van der Waals surface area (Å²) in [5.41, 5.74) is 2.40. The number of benzene rings is 4. The molecule has 0 unspecified atom stereocenters. The molecule has 0 spiro atoms. The highest BCUT2D eigenvalue weighted by molar-refractivity contribution is 9.10. The highest BCUT2D eigenvalue weighted by atomic mass is 79.9. The zero-order valence-corrected chi connectivity index (χ0v) is 27.8. The number of hydrogen-bond acceptors (Lipinski definition) is 4. The molecule has 1 atom stereocenters. The molecule has 2 amide bonds. The Kier molecular flexibility index (Phi) is 10.7. The second-order valence-electron chi connectivity index (χ2n) is 11.8. The van der Waals surface area contributed by atoms with Crippen LogP contribution in [0.5, 0.6) is 0 Å². The van der Waals surface area contributed by atoms with Crippen LogP contribution in [0.2, 0.25) is 0 Å². The molecule has 230 valence electrons. The van der Waals surface area contributed by atoms with Crippen molar-refractivity contribution in [1.82, 2.24) is 10.2 Å². The Morgan fingerprint density at radius 3 is 1.89 bits per heavy atom. The molecule has 0 saturated heterocycles. The van der Waals surface area contributed by atoms with Crippen molar-refractivity contribution in [1.29, 1.82) is 0 Å². The lowest BCUT2D eigenvalue weighted by Gasteiger charge is -2.35. The molecule has 0 aliphatic rings. The maximum absolute atomic E-state index is 14.5. The zero-order chi connectivity index (χ0) is 31.9. The number of nitrogens with one attached hydrogen (secondary N) is 1. The summed E-state index contributed by atoms with van der Waals surface area (Å²) < 4.78 is 30.1. The second kappa shape index (κ2) is 14.2. The minimum absolute atomic E-state index is 0.0692. The van der Waals surface area contributed by atoms with Crippen LogP contribution in [0.4, 0.5) is 5.69 Å². The number of rotatable bonds is 11. The summed E-state index contributed by atoms with van der Waals surface area (Å²) in [6, 6.07) is 31.3. The molecular formula is C35H38BrN3O4S. The molecule has 0 heterocycles. The lowest BCUT2D eigenvalue weighted by atomic mass is 10.0. The average Bonchev–Trinajstić information content (AvgIpc) is 2.98. The number of nitrogens with zero attached hydrogens (tertiary/aromatic N) is 2. The number of hydrogen-bond donors (Lipinski definition) is 1. The Morgan fingerprint density at radius 2 is 1.34 bits per heavy atom. The first-order chi connectivity index (χ1) is 20.8. The lowest BCUT2D eigenvalue weighted by molar-refractivity contribution is -0.140. The van der Waals surface area contributed by atoms with Crippen molar-refractivity contribution in [3.63, 3.8) is 0 Å². The normalized spacial score (nSPS) is 12.3. The molecule has 0 saturated carbocycles.